The van der Waals surface area contributed by atoms with Crippen LogP contribution in [-0.2, 0) is 13.2 Å². The summed E-state index contributed by atoms with van der Waals surface area (Å²) in [5, 5.41) is 11.7. The smallest absolute Gasteiger partial charge is 0.273 e. The first-order valence-electron chi connectivity index (χ1n) is 8.99. The summed E-state index contributed by atoms with van der Waals surface area (Å²) in [5.74, 6) is 0.966. The predicted molar refractivity (Wildman–Crippen MR) is 106 cm³/mol. The first kappa shape index (κ1) is 19.9. The number of ether oxygens (including phenoxy) is 1. The van der Waals surface area contributed by atoms with Gasteiger partial charge in [-0.3, -0.25) is 9.48 Å². The Morgan fingerprint density at radius 1 is 1.21 bits per heavy atom. The van der Waals surface area contributed by atoms with Gasteiger partial charge in [-0.1, -0.05) is 34.5 Å². The van der Waals surface area contributed by atoms with Crippen molar-refractivity contribution in [1.29, 1.82) is 0 Å². The maximum absolute atomic E-state index is 12.5. The number of nitrogens with zero attached hydrogens (tertiary/aromatic N) is 3. The number of hydrogen-bond donors (Lipinski definition) is 1. The lowest BCUT2D eigenvalue weighted by Gasteiger charge is -2.08. The second kappa shape index (κ2) is 8.48. The summed E-state index contributed by atoms with van der Waals surface area (Å²) >= 11 is 6.15. The number of hydrogen-bond acceptors (Lipinski definition) is 5. The zero-order valence-corrected chi connectivity index (χ0v) is 17.1. The zero-order chi connectivity index (χ0) is 20.3. The molecule has 2 aromatic heterocycles. The summed E-state index contributed by atoms with van der Waals surface area (Å²) in [6.07, 6.45) is 0. The van der Waals surface area contributed by atoms with Crippen LogP contribution in [0.2, 0.25) is 5.02 Å². The topological polar surface area (TPSA) is 82.2 Å². The van der Waals surface area contributed by atoms with Crippen LogP contribution in [0.1, 0.15) is 38.8 Å². The number of rotatable bonds is 7. The van der Waals surface area contributed by atoms with Gasteiger partial charge in [-0.15, -0.1) is 0 Å². The standard InChI is InChI=1S/C20H23ClN4O3/c1-12-5-7-16(8-6-12)27-11-17-15(4)28-24-19(17)20(26)22-9-10-25-14(3)18(21)13(2)23-25/h5-8H,9-11H2,1-4H3,(H,22,26). The van der Waals surface area contributed by atoms with Crippen LogP contribution >= 0.6 is 11.6 Å². The predicted octanol–water partition coefficient (Wildman–Crippen LogP) is 3.77. The van der Waals surface area contributed by atoms with E-state index in [1.54, 1.807) is 11.6 Å². The van der Waals surface area contributed by atoms with Crippen LogP contribution in [0.4, 0.5) is 0 Å². The summed E-state index contributed by atoms with van der Waals surface area (Å²) < 4.78 is 12.7. The SMILES string of the molecule is Cc1ccc(OCc2c(C(=O)NCCn3nc(C)c(Cl)c3C)noc2C)cc1. The Kier molecular flexibility index (Phi) is 6.04. The normalized spacial score (nSPS) is 10.9. The van der Waals surface area contributed by atoms with Gasteiger partial charge in [0.25, 0.3) is 5.91 Å². The molecule has 0 saturated carbocycles. The van der Waals surface area contributed by atoms with Gasteiger partial charge in [-0.2, -0.15) is 5.10 Å². The molecule has 3 aromatic rings. The van der Waals surface area contributed by atoms with Gasteiger partial charge in [0, 0.05) is 6.54 Å². The first-order valence-corrected chi connectivity index (χ1v) is 9.37. The van der Waals surface area contributed by atoms with Crippen LogP contribution < -0.4 is 10.1 Å². The molecule has 1 amide bonds. The molecular formula is C20H23ClN4O3. The van der Waals surface area contributed by atoms with Gasteiger partial charge < -0.3 is 14.6 Å². The number of aryl methyl sites for hydroxylation is 3. The van der Waals surface area contributed by atoms with Crippen LogP contribution in [0.15, 0.2) is 28.8 Å². The molecule has 0 aliphatic heterocycles. The van der Waals surface area contributed by atoms with Gasteiger partial charge in [-0.05, 0) is 39.8 Å². The third kappa shape index (κ3) is 4.36. The molecule has 0 saturated heterocycles. The van der Waals surface area contributed by atoms with Gasteiger partial charge >= 0.3 is 0 Å². The fourth-order valence-corrected chi connectivity index (χ4v) is 2.92. The van der Waals surface area contributed by atoms with Gasteiger partial charge in [0.15, 0.2) is 5.69 Å². The van der Waals surface area contributed by atoms with Crippen molar-refractivity contribution in [2.45, 2.75) is 40.8 Å². The quantitative estimate of drug-likeness (QED) is 0.650. The van der Waals surface area contributed by atoms with Crippen molar-refractivity contribution in [3.63, 3.8) is 0 Å². The highest BCUT2D eigenvalue weighted by molar-refractivity contribution is 6.31. The maximum atomic E-state index is 12.5. The highest BCUT2D eigenvalue weighted by Gasteiger charge is 2.20. The molecule has 8 heteroatoms. The van der Waals surface area contributed by atoms with Crippen molar-refractivity contribution < 1.29 is 14.1 Å². The van der Waals surface area contributed by atoms with E-state index in [0.717, 1.165) is 22.7 Å². The first-order chi connectivity index (χ1) is 13.4. The Morgan fingerprint density at radius 2 is 1.93 bits per heavy atom. The fourth-order valence-electron chi connectivity index (χ4n) is 2.78. The molecule has 0 fully saturated rings. The van der Waals surface area contributed by atoms with Crippen LogP contribution in [0, 0.1) is 27.7 Å². The largest absolute Gasteiger partial charge is 0.489 e. The van der Waals surface area contributed by atoms with Crippen molar-refractivity contribution in [3.05, 3.63) is 63.3 Å². The van der Waals surface area contributed by atoms with Gasteiger partial charge in [0.1, 0.15) is 18.1 Å². The molecule has 0 aliphatic rings. The lowest BCUT2D eigenvalue weighted by atomic mass is 10.2. The molecular weight excluding hydrogens is 380 g/mol. The van der Waals surface area contributed by atoms with E-state index in [2.05, 4.69) is 15.6 Å². The van der Waals surface area contributed by atoms with E-state index in [1.165, 1.54) is 0 Å². The molecule has 0 radical (unpaired) electrons. The number of carbonyl (C=O) groups is 1. The number of aromatic nitrogens is 3. The number of halogens is 1. The van der Waals surface area contributed by atoms with E-state index in [4.69, 9.17) is 20.9 Å². The van der Waals surface area contributed by atoms with Crippen molar-refractivity contribution in [2.75, 3.05) is 6.54 Å². The molecule has 0 aliphatic carbocycles. The lowest BCUT2D eigenvalue weighted by molar-refractivity contribution is 0.0940. The van der Waals surface area contributed by atoms with Gasteiger partial charge in [-0.25, -0.2) is 0 Å². The van der Waals surface area contributed by atoms with E-state index in [1.807, 2.05) is 45.0 Å². The molecule has 1 N–H and O–H groups in total. The van der Waals surface area contributed by atoms with Crippen LogP contribution in [0.3, 0.4) is 0 Å². The number of nitrogens with one attached hydrogen (secondary N) is 1. The highest BCUT2D eigenvalue weighted by atomic mass is 35.5. The van der Waals surface area contributed by atoms with E-state index >= 15 is 0 Å². The third-order valence-electron chi connectivity index (χ3n) is 4.51. The summed E-state index contributed by atoms with van der Waals surface area (Å²) in [7, 11) is 0. The Morgan fingerprint density at radius 3 is 2.57 bits per heavy atom. The average molecular weight is 403 g/mol. The van der Waals surface area contributed by atoms with Crippen molar-refractivity contribution >= 4 is 17.5 Å². The molecule has 7 nitrogen and oxygen atoms in total. The molecule has 0 bridgehead atoms. The van der Waals surface area contributed by atoms with Crippen LogP contribution in [0.5, 0.6) is 5.75 Å². The molecule has 28 heavy (non-hydrogen) atoms. The summed E-state index contributed by atoms with van der Waals surface area (Å²) in [4.78, 5) is 12.5. The Bertz CT molecular complexity index is 976. The van der Waals surface area contributed by atoms with Crippen LogP contribution in [-0.4, -0.2) is 27.4 Å². The Balaban J connectivity index is 1.60. The molecule has 0 unspecified atom stereocenters. The summed E-state index contributed by atoms with van der Waals surface area (Å²) in [5.41, 5.74) is 3.66. The number of benzene rings is 1. The molecule has 148 valence electrons. The number of amides is 1. The van der Waals surface area contributed by atoms with E-state index in [-0.39, 0.29) is 18.2 Å². The molecule has 3 rings (SSSR count). The molecule has 0 atom stereocenters. The third-order valence-corrected chi connectivity index (χ3v) is 5.05. The minimum Gasteiger partial charge on any atom is -0.489 e. The average Bonchev–Trinajstić information content (AvgIpc) is 3.16. The van der Waals surface area contributed by atoms with E-state index < -0.39 is 0 Å². The second-order valence-corrected chi connectivity index (χ2v) is 7.01. The summed E-state index contributed by atoms with van der Waals surface area (Å²) in [6, 6.07) is 7.71. The minimum absolute atomic E-state index is 0.203. The van der Waals surface area contributed by atoms with Gasteiger partial charge in [0.2, 0.25) is 0 Å². The molecule has 0 spiro atoms. The van der Waals surface area contributed by atoms with Gasteiger partial charge in [0.05, 0.1) is 28.5 Å². The summed E-state index contributed by atoms with van der Waals surface area (Å²) in [6.45, 7) is 8.62. The number of carbonyl (C=O) groups excluding carboxylic acids is 1. The van der Waals surface area contributed by atoms with Crippen molar-refractivity contribution in [2.24, 2.45) is 0 Å². The minimum atomic E-state index is -0.313. The van der Waals surface area contributed by atoms with Crippen molar-refractivity contribution in [1.82, 2.24) is 20.3 Å². The Hall–Kier alpha value is -2.80. The Labute approximate surface area is 168 Å². The second-order valence-electron chi connectivity index (χ2n) is 6.63. The lowest BCUT2D eigenvalue weighted by Crippen LogP contribution is -2.29. The fraction of sp³-hybridized carbons (Fsp3) is 0.350. The van der Waals surface area contributed by atoms with Crippen LogP contribution in [0.25, 0.3) is 0 Å². The molecule has 1 aromatic carbocycles. The van der Waals surface area contributed by atoms with Crippen molar-refractivity contribution in [3.8, 4) is 5.75 Å². The zero-order valence-electron chi connectivity index (χ0n) is 16.4. The molecule has 2 heterocycles. The van der Waals surface area contributed by atoms with E-state index in [9.17, 15) is 4.79 Å². The monoisotopic (exact) mass is 402 g/mol. The van der Waals surface area contributed by atoms with E-state index in [0.29, 0.717) is 29.4 Å². The highest BCUT2D eigenvalue weighted by Crippen LogP contribution is 2.19. The maximum Gasteiger partial charge on any atom is 0.273 e.